The summed E-state index contributed by atoms with van der Waals surface area (Å²) in [5.41, 5.74) is -0.560. The van der Waals surface area contributed by atoms with Crippen LogP contribution in [0.2, 0.25) is 5.02 Å². The van der Waals surface area contributed by atoms with E-state index in [0.29, 0.717) is 10.9 Å². The number of hydrogen-bond acceptors (Lipinski definition) is 4. The SMILES string of the molecule is CCn1c(=O)c2ccccc2n(CC(=O)Oc2ccc(Br)cc2Cl)c1=O. The molecule has 0 N–H and O–H groups in total. The highest BCUT2D eigenvalue weighted by Gasteiger charge is 2.16. The normalized spacial score (nSPS) is 10.9. The number of rotatable bonds is 4. The number of esters is 1. The van der Waals surface area contributed by atoms with Crippen LogP contribution in [0.1, 0.15) is 6.92 Å². The van der Waals surface area contributed by atoms with Crippen LogP contribution in [0, 0.1) is 0 Å². The molecular formula is C18H14BrClN2O4. The van der Waals surface area contributed by atoms with E-state index in [4.69, 9.17) is 16.3 Å². The molecule has 0 fully saturated rings. The first-order chi connectivity index (χ1) is 12.4. The molecule has 0 unspecified atom stereocenters. The standard InChI is InChI=1S/C18H14BrClN2O4/c1-2-21-17(24)12-5-3-4-6-14(12)22(18(21)25)10-16(23)26-15-8-7-11(19)9-13(15)20/h3-9H,2,10H2,1H3. The summed E-state index contributed by atoms with van der Waals surface area (Å²) in [4.78, 5) is 37.4. The minimum Gasteiger partial charge on any atom is -0.424 e. The van der Waals surface area contributed by atoms with Crippen LogP contribution in [0.25, 0.3) is 10.9 Å². The van der Waals surface area contributed by atoms with Gasteiger partial charge in [-0.3, -0.25) is 13.9 Å². The van der Waals surface area contributed by atoms with Crippen molar-refractivity contribution in [3.8, 4) is 5.75 Å². The summed E-state index contributed by atoms with van der Waals surface area (Å²) >= 11 is 9.32. The van der Waals surface area contributed by atoms with Crippen molar-refractivity contribution in [3.63, 3.8) is 0 Å². The van der Waals surface area contributed by atoms with E-state index in [0.717, 1.165) is 9.04 Å². The fraction of sp³-hybridized carbons (Fsp3) is 0.167. The van der Waals surface area contributed by atoms with E-state index in [1.165, 1.54) is 4.57 Å². The van der Waals surface area contributed by atoms with Crippen molar-refractivity contribution in [2.75, 3.05) is 0 Å². The fourth-order valence-corrected chi connectivity index (χ4v) is 3.36. The molecule has 3 rings (SSSR count). The van der Waals surface area contributed by atoms with Gasteiger partial charge in [-0.05, 0) is 37.3 Å². The van der Waals surface area contributed by atoms with Crippen LogP contribution in [-0.2, 0) is 17.9 Å². The van der Waals surface area contributed by atoms with E-state index in [9.17, 15) is 14.4 Å². The first-order valence-electron chi connectivity index (χ1n) is 7.80. The van der Waals surface area contributed by atoms with Gasteiger partial charge in [0.15, 0.2) is 0 Å². The van der Waals surface area contributed by atoms with Crippen LogP contribution >= 0.6 is 27.5 Å². The van der Waals surface area contributed by atoms with Gasteiger partial charge in [0.2, 0.25) is 0 Å². The molecule has 3 aromatic rings. The molecule has 1 aromatic heterocycles. The average molecular weight is 438 g/mol. The number of carbonyl (C=O) groups is 1. The second kappa shape index (κ2) is 7.47. The van der Waals surface area contributed by atoms with Crippen molar-refractivity contribution in [1.29, 1.82) is 0 Å². The summed E-state index contributed by atoms with van der Waals surface area (Å²) in [5, 5.41) is 0.631. The average Bonchev–Trinajstić information content (AvgIpc) is 2.61. The topological polar surface area (TPSA) is 70.3 Å². The molecule has 0 aliphatic rings. The van der Waals surface area contributed by atoms with Crippen molar-refractivity contribution < 1.29 is 9.53 Å². The lowest BCUT2D eigenvalue weighted by molar-refractivity contribution is -0.135. The lowest BCUT2D eigenvalue weighted by Gasteiger charge is -2.13. The maximum absolute atomic E-state index is 12.6. The Bertz CT molecular complexity index is 1120. The van der Waals surface area contributed by atoms with Crippen LogP contribution in [0.5, 0.6) is 5.75 Å². The fourth-order valence-electron chi connectivity index (χ4n) is 2.64. The highest BCUT2D eigenvalue weighted by molar-refractivity contribution is 9.10. The van der Waals surface area contributed by atoms with Crippen molar-refractivity contribution >= 4 is 44.4 Å². The molecule has 2 aromatic carbocycles. The summed E-state index contributed by atoms with van der Waals surface area (Å²) in [6, 6.07) is 11.5. The van der Waals surface area contributed by atoms with E-state index >= 15 is 0 Å². The molecule has 0 saturated heterocycles. The van der Waals surface area contributed by atoms with Crippen LogP contribution in [0.15, 0.2) is 56.5 Å². The molecule has 6 nitrogen and oxygen atoms in total. The Balaban J connectivity index is 2.02. The Morgan fingerprint density at radius 1 is 1.15 bits per heavy atom. The van der Waals surface area contributed by atoms with Crippen molar-refractivity contribution in [2.24, 2.45) is 0 Å². The number of halogens is 2. The maximum Gasteiger partial charge on any atom is 0.332 e. The third-order valence-corrected chi connectivity index (χ3v) is 4.64. The van der Waals surface area contributed by atoms with Crippen molar-refractivity contribution in [2.45, 2.75) is 20.0 Å². The van der Waals surface area contributed by atoms with Gasteiger partial charge in [0.25, 0.3) is 5.56 Å². The monoisotopic (exact) mass is 436 g/mol. The molecule has 0 radical (unpaired) electrons. The van der Waals surface area contributed by atoms with E-state index in [2.05, 4.69) is 15.9 Å². The van der Waals surface area contributed by atoms with Gasteiger partial charge in [-0.15, -0.1) is 0 Å². The minimum absolute atomic E-state index is 0.195. The van der Waals surface area contributed by atoms with E-state index in [1.54, 1.807) is 49.4 Å². The number of nitrogens with zero attached hydrogens (tertiary/aromatic N) is 2. The Morgan fingerprint density at radius 3 is 2.58 bits per heavy atom. The zero-order valence-electron chi connectivity index (χ0n) is 13.7. The zero-order valence-corrected chi connectivity index (χ0v) is 16.1. The summed E-state index contributed by atoms with van der Waals surface area (Å²) in [7, 11) is 0. The molecule has 134 valence electrons. The smallest absolute Gasteiger partial charge is 0.332 e. The summed E-state index contributed by atoms with van der Waals surface area (Å²) in [6.45, 7) is 1.56. The number of fused-ring (bicyclic) bond motifs is 1. The quantitative estimate of drug-likeness (QED) is 0.464. The molecule has 0 spiro atoms. The summed E-state index contributed by atoms with van der Waals surface area (Å²) in [6.07, 6.45) is 0. The largest absolute Gasteiger partial charge is 0.424 e. The molecule has 26 heavy (non-hydrogen) atoms. The highest BCUT2D eigenvalue weighted by atomic mass is 79.9. The van der Waals surface area contributed by atoms with Gasteiger partial charge in [-0.1, -0.05) is 39.7 Å². The minimum atomic E-state index is -0.664. The lowest BCUT2D eigenvalue weighted by Crippen LogP contribution is -2.41. The predicted molar refractivity (Wildman–Crippen MR) is 103 cm³/mol. The van der Waals surface area contributed by atoms with Gasteiger partial charge in [0.1, 0.15) is 12.3 Å². The van der Waals surface area contributed by atoms with Gasteiger partial charge in [-0.25, -0.2) is 9.59 Å². The number of carbonyl (C=O) groups excluding carboxylic acids is 1. The Kier molecular flexibility index (Phi) is 5.29. The van der Waals surface area contributed by atoms with Crippen LogP contribution in [0.4, 0.5) is 0 Å². The second-order valence-electron chi connectivity index (χ2n) is 5.48. The number of aromatic nitrogens is 2. The Morgan fingerprint density at radius 2 is 1.88 bits per heavy atom. The first kappa shape index (κ1) is 18.4. The predicted octanol–water partition coefficient (Wildman–Crippen LogP) is 3.20. The van der Waals surface area contributed by atoms with Gasteiger partial charge in [-0.2, -0.15) is 0 Å². The zero-order chi connectivity index (χ0) is 18.8. The van der Waals surface area contributed by atoms with Crippen LogP contribution in [-0.4, -0.2) is 15.1 Å². The maximum atomic E-state index is 12.6. The third-order valence-electron chi connectivity index (χ3n) is 3.85. The molecule has 0 aliphatic carbocycles. The third kappa shape index (κ3) is 3.45. The molecule has 0 aliphatic heterocycles. The lowest BCUT2D eigenvalue weighted by atomic mass is 10.2. The second-order valence-corrected chi connectivity index (χ2v) is 6.81. The van der Waals surface area contributed by atoms with Crippen LogP contribution in [0.3, 0.4) is 0 Å². The van der Waals surface area contributed by atoms with E-state index in [-0.39, 0.29) is 29.4 Å². The number of benzene rings is 2. The van der Waals surface area contributed by atoms with Crippen molar-refractivity contribution in [1.82, 2.24) is 9.13 Å². The molecule has 0 bridgehead atoms. The Hall–Kier alpha value is -2.38. The highest BCUT2D eigenvalue weighted by Crippen LogP contribution is 2.27. The Labute approximate surface area is 161 Å². The molecule has 1 heterocycles. The number of ether oxygens (including phenoxy) is 1. The molecule has 8 heteroatoms. The summed E-state index contributed by atoms with van der Waals surface area (Å²) < 4.78 is 8.34. The van der Waals surface area contributed by atoms with Gasteiger partial charge in [0, 0.05) is 11.0 Å². The molecular weight excluding hydrogens is 424 g/mol. The van der Waals surface area contributed by atoms with Gasteiger partial charge < -0.3 is 4.74 Å². The first-order valence-corrected chi connectivity index (χ1v) is 8.97. The van der Waals surface area contributed by atoms with Gasteiger partial charge in [0.05, 0.1) is 15.9 Å². The van der Waals surface area contributed by atoms with Crippen LogP contribution < -0.4 is 16.0 Å². The number of hydrogen-bond donors (Lipinski definition) is 0. The summed E-state index contributed by atoms with van der Waals surface area (Å²) in [5.74, 6) is -0.469. The van der Waals surface area contributed by atoms with Crippen molar-refractivity contribution in [3.05, 3.63) is 72.8 Å². The molecule has 0 saturated carbocycles. The van der Waals surface area contributed by atoms with E-state index in [1.807, 2.05) is 0 Å². The van der Waals surface area contributed by atoms with E-state index < -0.39 is 11.7 Å². The van der Waals surface area contributed by atoms with Gasteiger partial charge >= 0.3 is 11.7 Å². The molecule has 0 amide bonds. The molecule has 0 atom stereocenters. The number of para-hydroxylation sites is 1.